The summed E-state index contributed by atoms with van der Waals surface area (Å²) < 4.78 is 3.24. The highest BCUT2D eigenvalue weighted by molar-refractivity contribution is 6.03. The largest absolute Gasteiger partial charge is 0.305 e. The lowest BCUT2D eigenvalue weighted by molar-refractivity contribution is 0.102. The fourth-order valence-corrected chi connectivity index (χ4v) is 3.61. The zero-order valence-corrected chi connectivity index (χ0v) is 17.3. The standard InChI is InChI=1S/C25H19N5O2/c1-17-26-22-10-6-5-9-21(22)25(32)30(17)20-13-11-18(12-14-20)24(31)27-23-15-16-29(28-23)19-7-3-2-4-8-19/h2-16H,1H3,(H,27,28,31). The minimum Gasteiger partial charge on any atom is -0.305 e. The van der Waals surface area contributed by atoms with Gasteiger partial charge in [-0.25, -0.2) is 9.67 Å². The van der Waals surface area contributed by atoms with Crippen molar-refractivity contribution in [3.8, 4) is 11.4 Å². The van der Waals surface area contributed by atoms with Crippen molar-refractivity contribution in [2.24, 2.45) is 0 Å². The van der Waals surface area contributed by atoms with Gasteiger partial charge in [0, 0.05) is 17.8 Å². The molecule has 3 aromatic carbocycles. The van der Waals surface area contributed by atoms with Crippen molar-refractivity contribution in [1.29, 1.82) is 0 Å². The molecule has 2 heterocycles. The summed E-state index contributed by atoms with van der Waals surface area (Å²) in [5, 5.41) is 7.75. The quantitative estimate of drug-likeness (QED) is 0.473. The summed E-state index contributed by atoms with van der Waals surface area (Å²) in [7, 11) is 0. The van der Waals surface area contributed by atoms with Gasteiger partial charge in [-0.3, -0.25) is 14.2 Å². The molecule has 0 radical (unpaired) electrons. The third kappa shape index (κ3) is 3.56. The van der Waals surface area contributed by atoms with Gasteiger partial charge in [0.2, 0.25) is 0 Å². The molecule has 0 fully saturated rings. The predicted molar refractivity (Wildman–Crippen MR) is 124 cm³/mol. The molecule has 0 unspecified atom stereocenters. The van der Waals surface area contributed by atoms with Crippen LogP contribution in [0.25, 0.3) is 22.3 Å². The number of amides is 1. The number of anilines is 1. The van der Waals surface area contributed by atoms with Crippen LogP contribution in [0.1, 0.15) is 16.2 Å². The van der Waals surface area contributed by atoms with Crippen LogP contribution in [-0.2, 0) is 0 Å². The van der Waals surface area contributed by atoms with Crippen molar-refractivity contribution >= 4 is 22.6 Å². The fraction of sp³-hybridized carbons (Fsp3) is 0.0400. The average Bonchev–Trinajstić information content (AvgIpc) is 3.28. The van der Waals surface area contributed by atoms with Crippen LogP contribution in [0.15, 0.2) is 95.9 Å². The number of aromatic nitrogens is 4. The molecule has 0 aliphatic rings. The summed E-state index contributed by atoms with van der Waals surface area (Å²) >= 11 is 0. The van der Waals surface area contributed by atoms with E-state index in [9.17, 15) is 9.59 Å². The van der Waals surface area contributed by atoms with Gasteiger partial charge in [-0.2, -0.15) is 5.10 Å². The van der Waals surface area contributed by atoms with Gasteiger partial charge in [0.1, 0.15) is 5.82 Å². The average molecular weight is 421 g/mol. The van der Waals surface area contributed by atoms with E-state index in [1.807, 2.05) is 48.5 Å². The summed E-state index contributed by atoms with van der Waals surface area (Å²) in [6.45, 7) is 1.79. The van der Waals surface area contributed by atoms with E-state index in [1.165, 1.54) is 0 Å². The van der Waals surface area contributed by atoms with Crippen LogP contribution in [0.2, 0.25) is 0 Å². The number of nitrogens with zero attached hydrogens (tertiary/aromatic N) is 4. The molecule has 2 aromatic heterocycles. The molecule has 1 N–H and O–H groups in total. The molecular formula is C25H19N5O2. The van der Waals surface area contributed by atoms with Crippen molar-refractivity contribution in [1.82, 2.24) is 19.3 Å². The van der Waals surface area contributed by atoms with Gasteiger partial charge in [-0.05, 0) is 55.5 Å². The van der Waals surface area contributed by atoms with Crippen LogP contribution in [-0.4, -0.2) is 25.2 Å². The van der Waals surface area contributed by atoms with Gasteiger partial charge >= 0.3 is 0 Å². The molecule has 1 amide bonds. The summed E-state index contributed by atoms with van der Waals surface area (Å²) in [6.07, 6.45) is 1.79. The Kier molecular flexibility index (Phi) is 4.84. The molecule has 0 aliphatic carbocycles. The van der Waals surface area contributed by atoms with Crippen molar-refractivity contribution in [3.63, 3.8) is 0 Å². The van der Waals surface area contributed by atoms with E-state index >= 15 is 0 Å². The highest BCUT2D eigenvalue weighted by atomic mass is 16.1. The summed E-state index contributed by atoms with van der Waals surface area (Å²) in [5.74, 6) is 0.752. The van der Waals surface area contributed by atoms with Crippen LogP contribution >= 0.6 is 0 Å². The lowest BCUT2D eigenvalue weighted by Gasteiger charge is -2.11. The first-order chi connectivity index (χ1) is 15.6. The third-order valence-electron chi connectivity index (χ3n) is 5.18. The van der Waals surface area contributed by atoms with Crippen LogP contribution in [0, 0.1) is 6.92 Å². The second-order valence-corrected chi connectivity index (χ2v) is 7.30. The zero-order valence-electron chi connectivity index (χ0n) is 17.3. The number of hydrogen-bond acceptors (Lipinski definition) is 4. The van der Waals surface area contributed by atoms with Gasteiger partial charge in [0.15, 0.2) is 5.82 Å². The molecule has 0 spiro atoms. The molecule has 7 heteroatoms. The number of hydrogen-bond donors (Lipinski definition) is 1. The van der Waals surface area contributed by atoms with Crippen LogP contribution in [0.5, 0.6) is 0 Å². The maximum absolute atomic E-state index is 13.0. The minimum absolute atomic E-state index is 0.142. The van der Waals surface area contributed by atoms with Gasteiger partial charge in [0.25, 0.3) is 11.5 Å². The molecule has 156 valence electrons. The van der Waals surface area contributed by atoms with E-state index in [1.54, 1.807) is 58.8 Å². The Morgan fingerprint density at radius 3 is 2.34 bits per heavy atom. The second kappa shape index (κ2) is 7.96. The maximum atomic E-state index is 13.0. The lowest BCUT2D eigenvalue weighted by Crippen LogP contribution is -2.22. The molecular weight excluding hydrogens is 402 g/mol. The van der Waals surface area contributed by atoms with Gasteiger partial charge < -0.3 is 5.32 Å². The van der Waals surface area contributed by atoms with Crippen molar-refractivity contribution in [3.05, 3.63) is 113 Å². The smallest absolute Gasteiger partial charge is 0.265 e. The number of rotatable bonds is 4. The lowest BCUT2D eigenvalue weighted by atomic mass is 10.2. The normalized spacial score (nSPS) is 10.9. The Balaban J connectivity index is 1.39. The topological polar surface area (TPSA) is 81.8 Å². The van der Waals surface area contributed by atoms with E-state index < -0.39 is 0 Å². The SMILES string of the molecule is Cc1nc2ccccc2c(=O)n1-c1ccc(C(=O)Nc2ccn(-c3ccccc3)n2)cc1. The minimum atomic E-state index is -0.282. The van der Waals surface area contributed by atoms with Gasteiger partial charge in [0.05, 0.1) is 22.3 Å². The molecule has 5 aromatic rings. The molecule has 5 rings (SSSR count). The Labute approximate surface area is 183 Å². The Morgan fingerprint density at radius 2 is 1.56 bits per heavy atom. The number of para-hydroxylation sites is 2. The predicted octanol–water partition coefficient (Wildman–Crippen LogP) is 4.13. The third-order valence-corrected chi connectivity index (χ3v) is 5.18. The Hall–Kier alpha value is -4.52. The van der Waals surface area contributed by atoms with Gasteiger partial charge in [-0.1, -0.05) is 30.3 Å². The maximum Gasteiger partial charge on any atom is 0.265 e. The molecule has 0 atom stereocenters. The van der Waals surface area contributed by atoms with E-state index in [0.29, 0.717) is 33.8 Å². The zero-order chi connectivity index (χ0) is 22.1. The summed E-state index contributed by atoms with van der Waals surface area (Å²) in [5.41, 5.74) is 2.54. The van der Waals surface area contributed by atoms with Crippen molar-refractivity contribution in [2.45, 2.75) is 6.92 Å². The molecule has 7 nitrogen and oxygen atoms in total. The number of fused-ring (bicyclic) bond motifs is 1. The van der Waals surface area contributed by atoms with E-state index in [-0.39, 0.29) is 11.5 Å². The van der Waals surface area contributed by atoms with E-state index in [0.717, 1.165) is 5.69 Å². The first-order valence-electron chi connectivity index (χ1n) is 10.1. The highest BCUT2D eigenvalue weighted by Gasteiger charge is 2.12. The van der Waals surface area contributed by atoms with E-state index in [2.05, 4.69) is 15.4 Å². The molecule has 32 heavy (non-hydrogen) atoms. The van der Waals surface area contributed by atoms with Crippen molar-refractivity contribution in [2.75, 3.05) is 5.32 Å². The summed E-state index contributed by atoms with van der Waals surface area (Å²) in [4.78, 5) is 30.2. The number of nitrogens with one attached hydrogen (secondary N) is 1. The molecule has 0 saturated heterocycles. The number of carbonyl (C=O) groups is 1. The van der Waals surface area contributed by atoms with Gasteiger partial charge in [-0.15, -0.1) is 0 Å². The fourth-order valence-electron chi connectivity index (χ4n) is 3.61. The highest BCUT2D eigenvalue weighted by Crippen LogP contribution is 2.15. The van der Waals surface area contributed by atoms with Crippen LogP contribution in [0.4, 0.5) is 5.82 Å². The molecule has 0 saturated carbocycles. The van der Waals surface area contributed by atoms with E-state index in [4.69, 9.17) is 0 Å². The molecule has 0 aliphatic heterocycles. The Morgan fingerprint density at radius 1 is 0.844 bits per heavy atom. The first kappa shape index (κ1) is 19.4. The summed E-state index contributed by atoms with van der Waals surface area (Å²) in [6, 6.07) is 25.5. The first-order valence-corrected chi connectivity index (χ1v) is 10.1. The number of benzene rings is 3. The van der Waals surface area contributed by atoms with Crippen LogP contribution < -0.4 is 10.9 Å². The van der Waals surface area contributed by atoms with Crippen molar-refractivity contribution < 1.29 is 4.79 Å². The Bertz CT molecular complexity index is 1480. The molecule has 0 bridgehead atoms. The van der Waals surface area contributed by atoms with Crippen LogP contribution in [0.3, 0.4) is 0 Å². The number of aryl methyl sites for hydroxylation is 1. The monoisotopic (exact) mass is 421 g/mol. The number of carbonyl (C=O) groups excluding carboxylic acids is 1. The second-order valence-electron chi connectivity index (χ2n) is 7.30.